The van der Waals surface area contributed by atoms with E-state index in [0.717, 1.165) is 31.0 Å². The first kappa shape index (κ1) is 22.3. The molecule has 0 saturated carbocycles. The Labute approximate surface area is 166 Å². The molecule has 2 fully saturated rings. The molecule has 8 heteroatoms. The summed E-state index contributed by atoms with van der Waals surface area (Å²) in [6, 6.07) is 5.82. The first-order valence-electron chi connectivity index (χ1n) is 8.38. The number of nitrogens with one attached hydrogen (secondary N) is 2. The molecule has 5 nitrogen and oxygen atoms in total. The third-order valence-corrected chi connectivity index (χ3v) is 4.59. The second-order valence-corrected chi connectivity index (χ2v) is 6.62. The molecule has 142 valence electrons. The number of rotatable bonds is 4. The van der Waals surface area contributed by atoms with Crippen LogP contribution >= 0.6 is 36.4 Å². The minimum atomic E-state index is -0.00599. The van der Waals surface area contributed by atoms with E-state index in [4.69, 9.17) is 16.3 Å². The molecule has 1 aromatic rings. The number of nitrogens with zero attached hydrogens (tertiary/aromatic N) is 1. The highest BCUT2D eigenvalue weighted by Crippen LogP contribution is 2.31. The number of amides is 1. The number of benzene rings is 1. The molecule has 0 bridgehead atoms. The van der Waals surface area contributed by atoms with Gasteiger partial charge in [-0.3, -0.25) is 4.79 Å². The van der Waals surface area contributed by atoms with Crippen LogP contribution in [0.15, 0.2) is 18.2 Å². The van der Waals surface area contributed by atoms with Crippen molar-refractivity contribution in [1.82, 2.24) is 5.32 Å². The van der Waals surface area contributed by atoms with Crippen molar-refractivity contribution in [2.45, 2.75) is 31.7 Å². The Hall–Kier alpha value is -0.720. The fourth-order valence-electron chi connectivity index (χ4n) is 3.19. The molecule has 1 unspecified atom stereocenters. The average Bonchev–Trinajstić information content (AvgIpc) is 2.56. The van der Waals surface area contributed by atoms with Gasteiger partial charge < -0.3 is 20.3 Å². The van der Waals surface area contributed by atoms with E-state index in [9.17, 15) is 4.79 Å². The second kappa shape index (κ2) is 11.1. The van der Waals surface area contributed by atoms with Crippen molar-refractivity contribution in [2.75, 3.05) is 43.1 Å². The topological polar surface area (TPSA) is 53.6 Å². The summed E-state index contributed by atoms with van der Waals surface area (Å²) in [6.45, 7) is 4.16. The number of anilines is 2. The summed E-state index contributed by atoms with van der Waals surface area (Å²) < 4.78 is 5.40. The zero-order chi connectivity index (χ0) is 16.1. The van der Waals surface area contributed by atoms with Crippen LogP contribution in [0.5, 0.6) is 0 Å². The highest BCUT2D eigenvalue weighted by molar-refractivity contribution is 6.31. The quantitative estimate of drug-likeness (QED) is 0.798. The maximum Gasteiger partial charge on any atom is 0.226 e. The fraction of sp³-hybridized carbons (Fsp3) is 0.588. The second-order valence-electron chi connectivity index (χ2n) is 6.19. The monoisotopic (exact) mass is 409 g/mol. The van der Waals surface area contributed by atoms with E-state index in [0.29, 0.717) is 24.7 Å². The van der Waals surface area contributed by atoms with Crippen molar-refractivity contribution < 1.29 is 9.53 Å². The Bertz CT molecular complexity index is 548. The van der Waals surface area contributed by atoms with Crippen LogP contribution in [-0.4, -0.2) is 44.8 Å². The van der Waals surface area contributed by atoms with Gasteiger partial charge in [0.2, 0.25) is 5.91 Å². The number of halogens is 3. The minimum absolute atomic E-state index is 0. The average molecular weight is 411 g/mol. The van der Waals surface area contributed by atoms with E-state index in [1.165, 1.54) is 19.3 Å². The van der Waals surface area contributed by atoms with E-state index in [1.807, 2.05) is 18.2 Å². The lowest BCUT2D eigenvalue weighted by Gasteiger charge is -2.31. The Kier molecular flexibility index (Phi) is 9.90. The molecule has 1 aromatic carbocycles. The molecule has 3 rings (SSSR count). The van der Waals surface area contributed by atoms with Gasteiger partial charge in [0.1, 0.15) is 0 Å². The molecular formula is C17H26Cl3N3O2. The zero-order valence-electron chi connectivity index (χ0n) is 14.1. The van der Waals surface area contributed by atoms with E-state index in [2.05, 4.69) is 15.5 Å². The van der Waals surface area contributed by atoms with E-state index in [-0.39, 0.29) is 36.8 Å². The molecule has 25 heavy (non-hydrogen) atoms. The Morgan fingerprint density at radius 1 is 1.28 bits per heavy atom. The molecule has 2 N–H and O–H groups in total. The summed E-state index contributed by atoms with van der Waals surface area (Å²) >= 11 is 6.13. The first-order chi connectivity index (χ1) is 11.2. The zero-order valence-corrected chi connectivity index (χ0v) is 16.5. The minimum Gasteiger partial charge on any atom is -0.378 e. The predicted molar refractivity (Wildman–Crippen MR) is 108 cm³/mol. The molecule has 0 aliphatic carbocycles. The van der Waals surface area contributed by atoms with Crippen LogP contribution in [0.1, 0.15) is 25.7 Å². The third-order valence-electron chi connectivity index (χ3n) is 4.36. The Balaban J connectivity index is 0.00000156. The lowest BCUT2D eigenvalue weighted by atomic mass is 10.1. The lowest BCUT2D eigenvalue weighted by Crippen LogP contribution is -2.43. The van der Waals surface area contributed by atoms with Gasteiger partial charge in [-0.1, -0.05) is 11.6 Å². The largest absolute Gasteiger partial charge is 0.378 e. The molecule has 2 saturated heterocycles. The van der Waals surface area contributed by atoms with Gasteiger partial charge in [0.25, 0.3) is 0 Å². The summed E-state index contributed by atoms with van der Waals surface area (Å²) in [6.07, 6.45) is 4.07. The normalized spacial score (nSPS) is 20.2. The van der Waals surface area contributed by atoms with Gasteiger partial charge >= 0.3 is 0 Å². The van der Waals surface area contributed by atoms with Crippen molar-refractivity contribution in [3.05, 3.63) is 23.2 Å². The van der Waals surface area contributed by atoms with Crippen LogP contribution in [0.4, 0.5) is 11.4 Å². The molecule has 2 aliphatic rings. The van der Waals surface area contributed by atoms with E-state index in [1.54, 1.807) is 0 Å². The molecule has 0 aromatic heterocycles. The third kappa shape index (κ3) is 6.50. The van der Waals surface area contributed by atoms with Crippen LogP contribution in [0, 0.1) is 0 Å². The van der Waals surface area contributed by atoms with Crippen molar-refractivity contribution in [3.63, 3.8) is 0 Å². The summed E-state index contributed by atoms with van der Waals surface area (Å²) in [5, 5.41) is 6.98. The molecule has 2 heterocycles. The van der Waals surface area contributed by atoms with Gasteiger partial charge in [-0.25, -0.2) is 0 Å². The summed E-state index contributed by atoms with van der Waals surface area (Å²) in [5.74, 6) is -0.00599. The van der Waals surface area contributed by atoms with Gasteiger partial charge in [-0.05, 0) is 37.5 Å². The Morgan fingerprint density at radius 3 is 2.72 bits per heavy atom. The van der Waals surface area contributed by atoms with E-state index >= 15 is 0 Å². The highest BCUT2D eigenvalue weighted by Gasteiger charge is 2.19. The maximum absolute atomic E-state index is 12.4. The van der Waals surface area contributed by atoms with Crippen LogP contribution in [0.2, 0.25) is 5.02 Å². The molecule has 1 amide bonds. The van der Waals surface area contributed by atoms with Crippen molar-refractivity contribution in [3.8, 4) is 0 Å². The highest BCUT2D eigenvalue weighted by atomic mass is 35.5. The van der Waals surface area contributed by atoms with Crippen LogP contribution in [0.25, 0.3) is 0 Å². The lowest BCUT2D eigenvalue weighted by molar-refractivity contribution is -0.117. The molecule has 0 spiro atoms. The van der Waals surface area contributed by atoms with Gasteiger partial charge in [0, 0.05) is 37.1 Å². The Morgan fingerprint density at radius 2 is 2.04 bits per heavy atom. The van der Waals surface area contributed by atoms with Crippen molar-refractivity contribution >= 4 is 53.7 Å². The maximum atomic E-state index is 12.4. The molecule has 0 radical (unpaired) electrons. The number of morpholine rings is 1. The van der Waals surface area contributed by atoms with Crippen LogP contribution in [-0.2, 0) is 9.53 Å². The number of piperidine rings is 1. The van der Waals surface area contributed by atoms with Gasteiger partial charge in [0.15, 0.2) is 0 Å². The van der Waals surface area contributed by atoms with Crippen molar-refractivity contribution in [1.29, 1.82) is 0 Å². The van der Waals surface area contributed by atoms with E-state index < -0.39 is 0 Å². The summed E-state index contributed by atoms with van der Waals surface area (Å²) in [5.41, 5.74) is 1.87. The van der Waals surface area contributed by atoms with Crippen molar-refractivity contribution in [2.24, 2.45) is 0 Å². The van der Waals surface area contributed by atoms with Crippen LogP contribution < -0.4 is 15.5 Å². The van der Waals surface area contributed by atoms with Gasteiger partial charge in [-0.15, -0.1) is 24.8 Å². The van der Waals surface area contributed by atoms with Gasteiger partial charge in [-0.2, -0.15) is 0 Å². The predicted octanol–water partition coefficient (Wildman–Crippen LogP) is 3.49. The smallest absolute Gasteiger partial charge is 0.226 e. The fourth-order valence-corrected chi connectivity index (χ4v) is 3.37. The first-order valence-corrected chi connectivity index (χ1v) is 8.75. The number of carbonyl (C=O) groups is 1. The number of hydrogen-bond acceptors (Lipinski definition) is 4. The molecular weight excluding hydrogens is 385 g/mol. The molecule has 1 atom stereocenters. The summed E-state index contributed by atoms with van der Waals surface area (Å²) in [4.78, 5) is 14.7. The SMILES string of the molecule is Cl.Cl.O=C(CC1COCCN1)Nc1cc(Cl)ccc1N1CCCCC1. The number of ether oxygens (including phenoxy) is 1. The number of hydrogen-bond donors (Lipinski definition) is 2. The standard InChI is InChI=1S/C17H24ClN3O2.2ClH/c18-13-4-5-16(21-7-2-1-3-8-21)15(10-13)20-17(22)11-14-12-23-9-6-19-14;;/h4-5,10,14,19H,1-3,6-9,11-12H2,(H,20,22);2*1H. The molecule has 2 aliphatic heterocycles. The number of carbonyl (C=O) groups excluding carboxylic acids is 1. The van der Waals surface area contributed by atoms with Crippen LogP contribution in [0.3, 0.4) is 0 Å². The summed E-state index contributed by atoms with van der Waals surface area (Å²) in [7, 11) is 0. The van der Waals surface area contributed by atoms with Gasteiger partial charge in [0.05, 0.1) is 24.6 Å².